The number of hydrogen-bond acceptors (Lipinski definition) is 7. The summed E-state index contributed by atoms with van der Waals surface area (Å²) >= 11 is 0. The molecule has 1 aromatic heterocycles. The Kier molecular flexibility index (Phi) is 7.09. The molecule has 2 aliphatic heterocycles. The number of aliphatic imine (C=N–C) groups is 1. The van der Waals surface area contributed by atoms with Crippen LogP contribution in [0.4, 0.5) is 5.69 Å². The van der Waals surface area contributed by atoms with Gasteiger partial charge in [0.25, 0.3) is 5.56 Å². The minimum Gasteiger partial charge on any atom is -0.494 e. The van der Waals surface area contributed by atoms with Gasteiger partial charge in [0.15, 0.2) is 0 Å². The molecule has 0 radical (unpaired) electrons. The summed E-state index contributed by atoms with van der Waals surface area (Å²) in [6.45, 7) is 3.67. The van der Waals surface area contributed by atoms with Gasteiger partial charge in [-0.3, -0.25) is 9.79 Å². The lowest BCUT2D eigenvalue weighted by atomic mass is 9.98. The first-order chi connectivity index (χ1) is 15.2. The van der Waals surface area contributed by atoms with Gasteiger partial charge in [-0.1, -0.05) is 6.08 Å². The molecule has 166 valence electrons. The van der Waals surface area contributed by atoms with Crippen molar-refractivity contribution in [3.05, 3.63) is 64.2 Å². The Labute approximate surface area is 183 Å². The van der Waals surface area contributed by atoms with E-state index < -0.39 is 0 Å². The van der Waals surface area contributed by atoms with Crippen molar-refractivity contribution in [3.8, 4) is 0 Å². The van der Waals surface area contributed by atoms with Crippen LogP contribution < -0.4 is 26.8 Å². The number of H-pyrrole nitrogens is 1. The molecule has 31 heavy (non-hydrogen) atoms. The second-order valence-electron chi connectivity index (χ2n) is 8.24. The highest BCUT2D eigenvalue weighted by Crippen LogP contribution is 2.21. The Morgan fingerprint density at radius 1 is 1.29 bits per heavy atom. The molecule has 2 unspecified atom stereocenters. The van der Waals surface area contributed by atoms with Gasteiger partial charge in [-0.25, -0.2) is 0 Å². The minimum absolute atomic E-state index is 0.0954. The van der Waals surface area contributed by atoms with Crippen LogP contribution in [0.1, 0.15) is 30.9 Å². The molecule has 0 bridgehead atoms. The summed E-state index contributed by atoms with van der Waals surface area (Å²) < 4.78 is 6.00. The van der Waals surface area contributed by atoms with Crippen molar-refractivity contribution in [2.75, 3.05) is 38.6 Å². The molecule has 0 spiro atoms. The Balaban J connectivity index is 1.27. The van der Waals surface area contributed by atoms with Crippen molar-refractivity contribution >= 4 is 11.9 Å². The maximum absolute atomic E-state index is 12.3. The molecule has 2 atom stereocenters. The number of aromatic amines is 1. The summed E-state index contributed by atoms with van der Waals surface area (Å²) in [5, 5.41) is 13.1. The largest absolute Gasteiger partial charge is 0.494 e. The number of aromatic nitrogens is 1. The first-order valence-corrected chi connectivity index (χ1v) is 11.1. The van der Waals surface area contributed by atoms with Crippen LogP contribution in [0.2, 0.25) is 0 Å². The minimum atomic E-state index is -0.123. The predicted octanol–water partition coefficient (Wildman–Crippen LogP) is 2.00. The van der Waals surface area contributed by atoms with E-state index in [0.29, 0.717) is 24.1 Å². The molecule has 1 aliphatic carbocycles. The summed E-state index contributed by atoms with van der Waals surface area (Å²) in [5.41, 5.74) is 1.39. The van der Waals surface area contributed by atoms with E-state index in [4.69, 9.17) is 4.74 Å². The van der Waals surface area contributed by atoms with Gasteiger partial charge in [0.2, 0.25) is 0 Å². The van der Waals surface area contributed by atoms with Crippen LogP contribution in [0.25, 0.3) is 0 Å². The number of ether oxygens (including phenoxy) is 1. The summed E-state index contributed by atoms with van der Waals surface area (Å²) in [6, 6.07) is 1.79. The third-order valence-electron chi connectivity index (χ3n) is 5.96. The molecule has 1 saturated heterocycles. The molecule has 4 rings (SSSR count). The highest BCUT2D eigenvalue weighted by atomic mass is 16.5. The third kappa shape index (κ3) is 5.79. The van der Waals surface area contributed by atoms with Crippen LogP contribution in [0.3, 0.4) is 0 Å². The Hall–Kier alpha value is -3.00. The number of nitrogens with zero attached hydrogens (tertiary/aromatic N) is 1. The molecule has 0 aromatic carbocycles. The zero-order valence-corrected chi connectivity index (χ0v) is 18.0. The number of piperidine rings is 1. The van der Waals surface area contributed by atoms with Gasteiger partial charge in [-0.15, -0.1) is 0 Å². The van der Waals surface area contributed by atoms with Gasteiger partial charge in [0.05, 0.1) is 18.8 Å². The molecule has 1 fully saturated rings. The maximum atomic E-state index is 12.3. The van der Waals surface area contributed by atoms with Crippen molar-refractivity contribution in [1.82, 2.24) is 20.9 Å². The molecule has 8 heteroatoms. The lowest BCUT2D eigenvalue weighted by Gasteiger charge is -2.24. The van der Waals surface area contributed by atoms with Crippen LogP contribution in [-0.4, -0.2) is 44.5 Å². The van der Waals surface area contributed by atoms with Crippen LogP contribution in [0, 0.1) is 11.8 Å². The summed E-state index contributed by atoms with van der Waals surface area (Å²) in [4.78, 5) is 19.4. The van der Waals surface area contributed by atoms with E-state index >= 15 is 0 Å². The smallest absolute Gasteiger partial charge is 0.271 e. The molecule has 3 heterocycles. The quantitative estimate of drug-likeness (QED) is 0.437. The van der Waals surface area contributed by atoms with Crippen molar-refractivity contribution in [1.29, 1.82) is 0 Å². The Morgan fingerprint density at radius 3 is 2.94 bits per heavy atom. The predicted molar refractivity (Wildman–Crippen MR) is 124 cm³/mol. The third-order valence-corrected chi connectivity index (χ3v) is 5.96. The van der Waals surface area contributed by atoms with E-state index in [1.807, 2.05) is 19.3 Å². The normalized spacial score (nSPS) is 23.5. The number of nitrogens with one attached hydrogen (secondary N) is 5. The average molecular weight is 425 g/mol. The van der Waals surface area contributed by atoms with Crippen molar-refractivity contribution < 1.29 is 4.74 Å². The highest BCUT2D eigenvalue weighted by molar-refractivity contribution is 5.70. The fourth-order valence-electron chi connectivity index (χ4n) is 3.97. The molecule has 3 aliphatic rings. The standard InChI is InChI=1S/C23H32N6O2/c1-24-22-14-26-13-21(29-22)18-10-20(23(30)28-12-18)27-11-16-2-4-19(5-3-16)31-15-17-6-8-25-9-7-17/h2,4-5,10,12-14,16-17,21,24-25,27,29H,3,6-9,11,15H2,1H3,(H,28,30). The van der Waals surface area contributed by atoms with E-state index in [2.05, 4.69) is 49.5 Å². The van der Waals surface area contributed by atoms with Crippen LogP contribution in [-0.2, 0) is 4.74 Å². The number of anilines is 1. The zero-order chi connectivity index (χ0) is 21.5. The van der Waals surface area contributed by atoms with Crippen molar-refractivity contribution in [2.24, 2.45) is 16.8 Å². The van der Waals surface area contributed by atoms with E-state index in [-0.39, 0.29) is 11.6 Å². The fraction of sp³-hybridized carbons (Fsp3) is 0.478. The Bertz CT molecular complexity index is 926. The summed E-state index contributed by atoms with van der Waals surface area (Å²) in [5.74, 6) is 2.77. The van der Waals surface area contributed by atoms with Gasteiger partial charge >= 0.3 is 0 Å². The molecule has 5 N–H and O–H groups in total. The van der Waals surface area contributed by atoms with Crippen molar-refractivity contribution in [2.45, 2.75) is 25.3 Å². The molecule has 1 aromatic rings. The van der Waals surface area contributed by atoms with E-state index in [0.717, 1.165) is 43.3 Å². The monoisotopic (exact) mass is 424 g/mol. The van der Waals surface area contributed by atoms with Crippen LogP contribution in [0.15, 0.2) is 58.1 Å². The lowest BCUT2D eigenvalue weighted by Crippen LogP contribution is -2.31. The summed E-state index contributed by atoms with van der Waals surface area (Å²) in [6.07, 6.45) is 14.9. The zero-order valence-electron chi connectivity index (χ0n) is 18.0. The second-order valence-corrected chi connectivity index (χ2v) is 8.24. The topological polar surface area (TPSA) is 103 Å². The number of rotatable bonds is 8. The number of allylic oxidation sites excluding steroid dienone is 2. The maximum Gasteiger partial charge on any atom is 0.271 e. The van der Waals surface area contributed by atoms with Gasteiger partial charge in [0, 0.05) is 26.0 Å². The Morgan fingerprint density at radius 2 is 2.16 bits per heavy atom. The first-order valence-electron chi connectivity index (χ1n) is 11.1. The highest BCUT2D eigenvalue weighted by Gasteiger charge is 2.17. The molecular formula is C23H32N6O2. The SMILES string of the molecule is CNC1=CN=CC(c2c[nH]c(=O)c(NCC3C=CC(OCC4CCNCC4)=CC3)c2)N1. The van der Waals surface area contributed by atoms with E-state index in [1.165, 1.54) is 12.8 Å². The average Bonchev–Trinajstić information content (AvgIpc) is 2.83. The number of hydrogen-bond donors (Lipinski definition) is 5. The lowest BCUT2D eigenvalue weighted by molar-refractivity contribution is 0.152. The van der Waals surface area contributed by atoms with Gasteiger partial charge in [0.1, 0.15) is 17.3 Å². The molecular weight excluding hydrogens is 392 g/mol. The van der Waals surface area contributed by atoms with Crippen LogP contribution in [0.5, 0.6) is 0 Å². The fourth-order valence-corrected chi connectivity index (χ4v) is 3.97. The first kappa shape index (κ1) is 21.2. The van der Waals surface area contributed by atoms with Crippen molar-refractivity contribution in [3.63, 3.8) is 0 Å². The van der Waals surface area contributed by atoms with Crippen LogP contribution >= 0.6 is 0 Å². The molecule has 0 saturated carbocycles. The van der Waals surface area contributed by atoms with Gasteiger partial charge < -0.3 is 31.0 Å². The molecule has 8 nitrogen and oxygen atoms in total. The summed E-state index contributed by atoms with van der Waals surface area (Å²) in [7, 11) is 1.84. The number of pyridine rings is 1. The second kappa shape index (κ2) is 10.3. The van der Waals surface area contributed by atoms with E-state index in [9.17, 15) is 4.79 Å². The van der Waals surface area contributed by atoms with E-state index in [1.54, 1.807) is 12.4 Å². The molecule has 0 amide bonds. The van der Waals surface area contributed by atoms with Gasteiger partial charge in [-0.2, -0.15) is 0 Å². The van der Waals surface area contributed by atoms with Gasteiger partial charge in [-0.05, 0) is 68.0 Å².